The SMILES string of the molecule is Cc1cccc(C[C@@H](O)/C=C/[C@@H]2[C@H]3CC(CNCCCN(C(C)C)C(C)C)=C[C@H]3C[C@H]2O)c1. The van der Waals surface area contributed by atoms with E-state index in [0.29, 0.717) is 30.3 Å². The van der Waals surface area contributed by atoms with Crippen LogP contribution in [0.3, 0.4) is 0 Å². The van der Waals surface area contributed by atoms with Crippen molar-refractivity contribution in [3.05, 3.63) is 59.2 Å². The number of nitrogens with zero attached hydrogens (tertiary/aromatic N) is 1. The minimum Gasteiger partial charge on any atom is -0.392 e. The number of benzene rings is 1. The van der Waals surface area contributed by atoms with Gasteiger partial charge in [-0.2, -0.15) is 0 Å². The van der Waals surface area contributed by atoms with Gasteiger partial charge < -0.3 is 15.5 Å². The van der Waals surface area contributed by atoms with E-state index in [4.69, 9.17) is 0 Å². The van der Waals surface area contributed by atoms with Gasteiger partial charge in [0.25, 0.3) is 0 Å². The van der Waals surface area contributed by atoms with E-state index in [1.54, 1.807) is 0 Å². The molecule has 4 nitrogen and oxygen atoms in total. The number of fused-ring (bicyclic) bond motifs is 1. The lowest BCUT2D eigenvalue weighted by molar-refractivity contribution is 0.140. The maximum atomic E-state index is 10.6. The Balaban J connectivity index is 1.43. The summed E-state index contributed by atoms with van der Waals surface area (Å²) in [6, 6.07) is 9.49. The van der Waals surface area contributed by atoms with Gasteiger partial charge in [0.2, 0.25) is 0 Å². The molecule has 0 aliphatic heterocycles. The van der Waals surface area contributed by atoms with E-state index in [9.17, 15) is 10.2 Å². The number of aryl methyl sites for hydroxylation is 1. The zero-order valence-corrected chi connectivity index (χ0v) is 21.4. The minimum atomic E-state index is -0.509. The second-order valence-corrected chi connectivity index (χ2v) is 10.8. The molecule has 1 saturated carbocycles. The summed E-state index contributed by atoms with van der Waals surface area (Å²) >= 11 is 0. The molecule has 5 atom stereocenters. The van der Waals surface area contributed by atoms with Crippen LogP contribution >= 0.6 is 0 Å². The number of allylic oxidation sites excluding steroid dienone is 1. The molecule has 0 radical (unpaired) electrons. The van der Waals surface area contributed by atoms with Crippen molar-refractivity contribution in [2.75, 3.05) is 19.6 Å². The van der Waals surface area contributed by atoms with Crippen molar-refractivity contribution in [3.8, 4) is 0 Å². The highest BCUT2D eigenvalue weighted by atomic mass is 16.3. The van der Waals surface area contributed by atoms with E-state index in [2.05, 4.69) is 75.2 Å². The summed E-state index contributed by atoms with van der Waals surface area (Å²) in [6.45, 7) is 14.3. The Bertz CT molecular complexity index is 793. The molecule has 2 aliphatic rings. The topological polar surface area (TPSA) is 55.7 Å². The first kappa shape index (κ1) is 26.2. The Morgan fingerprint density at radius 3 is 2.64 bits per heavy atom. The summed E-state index contributed by atoms with van der Waals surface area (Å²) in [7, 11) is 0. The molecule has 2 aliphatic carbocycles. The molecular weight excluding hydrogens is 408 g/mol. The van der Waals surface area contributed by atoms with Crippen molar-refractivity contribution in [1.82, 2.24) is 10.2 Å². The fourth-order valence-electron chi connectivity index (χ4n) is 5.89. The minimum absolute atomic E-state index is 0.140. The van der Waals surface area contributed by atoms with E-state index < -0.39 is 6.10 Å². The summed E-state index contributed by atoms with van der Waals surface area (Å²) in [5.74, 6) is 1.08. The first-order chi connectivity index (χ1) is 15.7. The van der Waals surface area contributed by atoms with Crippen LogP contribution in [0.25, 0.3) is 0 Å². The van der Waals surface area contributed by atoms with Gasteiger partial charge in [-0.25, -0.2) is 0 Å². The largest absolute Gasteiger partial charge is 0.392 e. The van der Waals surface area contributed by atoms with Crippen LogP contribution in [-0.2, 0) is 6.42 Å². The standard InChI is InChI=1S/C29H46N2O2/c1-20(2)31(21(3)4)13-7-12-30-19-24-15-25-18-29(33)27(28(25)17-24)11-10-26(32)16-23-9-6-8-22(5)14-23/h6,8-11,14-15,20-21,25-30,32-33H,7,12-13,16-19H2,1-5H3/b11-10+/t25-,26-,27+,28-,29+/m0/s1. The average Bonchev–Trinajstić information content (AvgIpc) is 3.24. The van der Waals surface area contributed by atoms with E-state index in [1.807, 2.05) is 12.1 Å². The van der Waals surface area contributed by atoms with Crippen LogP contribution in [0, 0.1) is 24.7 Å². The third-order valence-corrected chi connectivity index (χ3v) is 7.48. The number of nitrogens with one attached hydrogen (secondary N) is 1. The van der Waals surface area contributed by atoms with Crippen LogP contribution < -0.4 is 5.32 Å². The van der Waals surface area contributed by atoms with Crippen LogP contribution in [0.15, 0.2) is 48.1 Å². The molecule has 4 heteroatoms. The van der Waals surface area contributed by atoms with Crippen molar-refractivity contribution < 1.29 is 10.2 Å². The molecule has 0 unspecified atom stereocenters. The molecule has 0 bridgehead atoms. The third kappa shape index (κ3) is 7.51. The van der Waals surface area contributed by atoms with Gasteiger partial charge in [0, 0.05) is 31.0 Å². The smallest absolute Gasteiger partial charge is 0.0761 e. The second kappa shape index (κ2) is 12.3. The Morgan fingerprint density at radius 2 is 1.94 bits per heavy atom. The molecule has 1 aromatic rings. The molecule has 0 amide bonds. The molecule has 0 saturated heterocycles. The molecule has 33 heavy (non-hydrogen) atoms. The maximum Gasteiger partial charge on any atom is 0.0761 e. The maximum absolute atomic E-state index is 10.6. The van der Waals surface area contributed by atoms with Crippen molar-refractivity contribution in [1.29, 1.82) is 0 Å². The summed E-state index contributed by atoms with van der Waals surface area (Å²) in [5, 5.41) is 24.8. The third-order valence-electron chi connectivity index (χ3n) is 7.48. The fraction of sp³-hybridized carbons (Fsp3) is 0.655. The lowest BCUT2D eigenvalue weighted by Gasteiger charge is -2.30. The van der Waals surface area contributed by atoms with Crippen molar-refractivity contribution >= 4 is 0 Å². The number of hydrogen-bond donors (Lipinski definition) is 3. The summed E-state index contributed by atoms with van der Waals surface area (Å²) in [6.07, 6.45) is 9.28. The molecule has 184 valence electrons. The van der Waals surface area contributed by atoms with E-state index >= 15 is 0 Å². The van der Waals surface area contributed by atoms with Gasteiger partial charge in [0.05, 0.1) is 12.2 Å². The first-order valence-electron chi connectivity index (χ1n) is 13.0. The monoisotopic (exact) mass is 454 g/mol. The number of hydrogen-bond acceptors (Lipinski definition) is 4. The predicted molar refractivity (Wildman–Crippen MR) is 138 cm³/mol. The highest BCUT2D eigenvalue weighted by molar-refractivity contribution is 5.24. The van der Waals surface area contributed by atoms with E-state index in [-0.39, 0.29) is 12.0 Å². The zero-order chi connectivity index (χ0) is 24.0. The number of aliphatic hydroxyl groups excluding tert-OH is 2. The van der Waals surface area contributed by atoms with Crippen molar-refractivity contribution in [2.45, 2.75) is 84.6 Å². The Morgan fingerprint density at radius 1 is 1.18 bits per heavy atom. The molecule has 0 heterocycles. The average molecular weight is 455 g/mol. The van der Waals surface area contributed by atoms with Crippen LogP contribution in [0.4, 0.5) is 0 Å². The predicted octanol–water partition coefficient (Wildman–Crippen LogP) is 4.50. The lowest BCUT2D eigenvalue weighted by atomic mass is 9.89. The van der Waals surface area contributed by atoms with Crippen LogP contribution in [0.5, 0.6) is 0 Å². The molecule has 3 rings (SSSR count). The quantitative estimate of drug-likeness (QED) is 0.322. The summed E-state index contributed by atoms with van der Waals surface area (Å²) < 4.78 is 0. The van der Waals surface area contributed by atoms with Gasteiger partial charge in [-0.1, -0.05) is 53.6 Å². The molecule has 1 aromatic carbocycles. The molecular formula is C29H46N2O2. The van der Waals surface area contributed by atoms with Crippen LogP contribution in [0.1, 0.15) is 58.1 Å². The first-order valence-corrected chi connectivity index (χ1v) is 13.0. The zero-order valence-electron chi connectivity index (χ0n) is 21.4. The number of aliphatic hydroxyl groups is 2. The normalized spacial score (nSPS) is 26.1. The van der Waals surface area contributed by atoms with Crippen molar-refractivity contribution in [2.24, 2.45) is 17.8 Å². The van der Waals surface area contributed by atoms with Gasteiger partial charge in [-0.3, -0.25) is 4.90 Å². The Labute approximate surface area is 201 Å². The Hall–Kier alpha value is -1.46. The highest BCUT2D eigenvalue weighted by Crippen LogP contribution is 2.47. The second-order valence-electron chi connectivity index (χ2n) is 10.8. The Kier molecular flexibility index (Phi) is 9.75. The lowest BCUT2D eigenvalue weighted by Crippen LogP contribution is -2.38. The molecule has 0 spiro atoms. The summed E-state index contributed by atoms with van der Waals surface area (Å²) in [4.78, 5) is 2.55. The van der Waals surface area contributed by atoms with Gasteiger partial charge in [-0.05, 0) is 84.4 Å². The van der Waals surface area contributed by atoms with Gasteiger partial charge in [0.1, 0.15) is 0 Å². The molecule has 3 N–H and O–H groups in total. The van der Waals surface area contributed by atoms with E-state index in [0.717, 1.165) is 38.0 Å². The highest BCUT2D eigenvalue weighted by Gasteiger charge is 2.43. The van der Waals surface area contributed by atoms with Crippen LogP contribution in [-0.4, -0.2) is 59.0 Å². The van der Waals surface area contributed by atoms with Crippen molar-refractivity contribution in [3.63, 3.8) is 0 Å². The number of rotatable bonds is 12. The van der Waals surface area contributed by atoms with Crippen LogP contribution in [0.2, 0.25) is 0 Å². The van der Waals surface area contributed by atoms with Gasteiger partial charge in [-0.15, -0.1) is 0 Å². The van der Waals surface area contributed by atoms with Gasteiger partial charge >= 0.3 is 0 Å². The van der Waals surface area contributed by atoms with Gasteiger partial charge in [0.15, 0.2) is 0 Å². The molecule has 1 fully saturated rings. The van der Waals surface area contributed by atoms with E-state index in [1.165, 1.54) is 17.6 Å². The fourth-order valence-corrected chi connectivity index (χ4v) is 5.89. The summed E-state index contributed by atoms with van der Waals surface area (Å²) in [5.41, 5.74) is 3.85. The molecule has 0 aromatic heterocycles.